The number of benzene rings is 1. The molecule has 0 aromatic heterocycles. The number of rotatable bonds is 6. The van der Waals surface area contributed by atoms with Crippen LogP contribution in [-0.2, 0) is 20.9 Å². The molecule has 0 bridgehead atoms. The first-order chi connectivity index (χ1) is 10.5. The van der Waals surface area contributed by atoms with E-state index in [-0.39, 0.29) is 24.6 Å². The molecule has 2 N–H and O–H groups in total. The molecule has 1 fully saturated rings. The van der Waals surface area contributed by atoms with Gasteiger partial charge in [-0.1, -0.05) is 12.1 Å². The van der Waals surface area contributed by atoms with E-state index in [1.807, 2.05) is 0 Å². The largest absolute Gasteiger partial charge is 0.481 e. The van der Waals surface area contributed by atoms with E-state index in [2.05, 4.69) is 5.32 Å². The van der Waals surface area contributed by atoms with E-state index < -0.39 is 17.9 Å². The van der Waals surface area contributed by atoms with Crippen molar-refractivity contribution in [1.29, 1.82) is 0 Å². The maximum absolute atomic E-state index is 12.8. The predicted molar refractivity (Wildman–Crippen MR) is 75.2 cm³/mol. The van der Waals surface area contributed by atoms with Gasteiger partial charge >= 0.3 is 5.97 Å². The Bertz CT molecular complexity index is 573. The van der Waals surface area contributed by atoms with Crippen LogP contribution in [0.3, 0.4) is 0 Å². The van der Waals surface area contributed by atoms with Gasteiger partial charge in [-0.05, 0) is 24.1 Å². The lowest BCUT2D eigenvalue weighted by molar-refractivity contribution is -0.139. The number of carboxylic acids is 1. The molecule has 7 heteroatoms. The number of nitrogens with zero attached hydrogens (tertiary/aromatic N) is 1. The second kappa shape index (κ2) is 7.02. The minimum Gasteiger partial charge on any atom is -0.481 e. The molecule has 1 atom stereocenters. The number of carbonyl (C=O) groups excluding carboxylic acids is 2. The molecule has 1 heterocycles. The van der Waals surface area contributed by atoms with E-state index in [0.717, 1.165) is 5.56 Å². The molecule has 1 aromatic carbocycles. The molecule has 118 valence electrons. The molecule has 1 aliphatic rings. The molecule has 1 unspecified atom stereocenters. The third-order valence-electron chi connectivity index (χ3n) is 3.49. The van der Waals surface area contributed by atoms with Gasteiger partial charge in [0.15, 0.2) is 0 Å². The summed E-state index contributed by atoms with van der Waals surface area (Å²) in [5, 5.41) is 11.1. The summed E-state index contributed by atoms with van der Waals surface area (Å²) in [6.45, 7) is 0.862. The zero-order valence-corrected chi connectivity index (χ0v) is 11.9. The van der Waals surface area contributed by atoms with Crippen LogP contribution in [0.25, 0.3) is 0 Å². The van der Waals surface area contributed by atoms with Crippen molar-refractivity contribution in [2.24, 2.45) is 0 Å². The molecule has 1 aliphatic heterocycles. The van der Waals surface area contributed by atoms with Crippen LogP contribution in [0.1, 0.15) is 24.8 Å². The number of amides is 2. The average Bonchev–Trinajstić information content (AvgIpc) is 2.80. The van der Waals surface area contributed by atoms with Crippen LogP contribution in [0.2, 0.25) is 0 Å². The summed E-state index contributed by atoms with van der Waals surface area (Å²) >= 11 is 0. The zero-order valence-electron chi connectivity index (χ0n) is 11.9. The number of aliphatic carboxylic acids is 1. The van der Waals surface area contributed by atoms with Crippen molar-refractivity contribution in [3.8, 4) is 0 Å². The third kappa shape index (κ3) is 4.28. The first-order valence-corrected chi connectivity index (χ1v) is 7.00. The lowest BCUT2D eigenvalue weighted by Crippen LogP contribution is -2.41. The Morgan fingerprint density at radius 1 is 1.27 bits per heavy atom. The Labute approximate surface area is 126 Å². The molecule has 1 saturated heterocycles. The maximum atomic E-state index is 12.8. The van der Waals surface area contributed by atoms with Gasteiger partial charge < -0.3 is 15.3 Å². The lowest BCUT2D eigenvalue weighted by Gasteiger charge is -2.17. The third-order valence-corrected chi connectivity index (χ3v) is 3.49. The summed E-state index contributed by atoms with van der Waals surface area (Å²) < 4.78 is 12.8. The Kier molecular flexibility index (Phi) is 5.08. The topological polar surface area (TPSA) is 86.7 Å². The first kappa shape index (κ1) is 15.9. The number of hydrogen-bond donors (Lipinski definition) is 2. The molecule has 0 radical (unpaired) electrons. The summed E-state index contributed by atoms with van der Waals surface area (Å²) in [5.74, 6) is -2.02. The highest BCUT2D eigenvalue weighted by Crippen LogP contribution is 2.15. The predicted octanol–water partition coefficient (Wildman–Crippen LogP) is 0.908. The van der Waals surface area contributed by atoms with Crippen LogP contribution in [-0.4, -0.2) is 40.4 Å². The normalized spacial score (nSPS) is 17.6. The Morgan fingerprint density at radius 2 is 1.95 bits per heavy atom. The Morgan fingerprint density at radius 3 is 2.59 bits per heavy atom. The fourth-order valence-electron chi connectivity index (χ4n) is 2.33. The second-order valence-corrected chi connectivity index (χ2v) is 5.19. The summed E-state index contributed by atoms with van der Waals surface area (Å²) in [6.07, 6.45) is 0.0853. The number of carbonyl (C=O) groups is 3. The summed E-state index contributed by atoms with van der Waals surface area (Å²) in [4.78, 5) is 35.7. The monoisotopic (exact) mass is 308 g/mol. The number of hydrogen-bond acceptors (Lipinski definition) is 3. The fourth-order valence-corrected chi connectivity index (χ4v) is 2.33. The van der Waals surface area contributed by atoms with Gasteiger partial charge in [-0.2, -0.15) is 0 Å². The first-order valence-electron chi connectivity index (χ1n) is 7.00. The highest BCUT2D eigenvalue weighted by Gasteiger charge is 2.32. The van der Waals surface area contributed by atoms with Gasteiger partial charge in [0.1, 0.15) is 11.9 Å². The van der Waals surface area contributed by atoms with Crippen molar-refractivity contribution in [3.63, 3.8) is 0 Å². The summed E-state index contributed by atoms with van der Waals surface area (Å²) in [6, 6.07) is 5.28. The molecular weight excluding hydrogens is 291 g/mol. The van der Waals surface area contributed by atoms with Gasteiger partial charge in [-0.15, -0.1) is 0 Å². The molecule has 22 heavy (non-hydrogen) atoms. The SMILES string of the molecule is O=C(O)CCC(=O)NC1CCN(Cc2ccc(F)cc2)C1=O. The van der Waals surface area contributed by atoms with Gasteiger partial charge in [0.25, 0.3) is 0 Å². The molecular formula is C15H17FN2O4. The van der Waals surface area contributed by atoms with E-state index in [1.54, 1.807) is 17.0 Å². The summed E-state index contributed by atoms with van der Waals surface area (Å²) in [5.41, 5.74) is 0.813. The smallest absolute Gasteiger partial charge is 0.303 e. The standard InChI is InChI=1S/C15H17FN2O4/c16-11-3-1-10(2-4-11)9-18-8-7-12(15(18)22)17-13(19)5-6-14(20)21/h1-4,12H,5-9H2,(H,17,19)(H,20,21). The van der Waals surface area contributed by atoms with Crippen molar-refractivity contribution in [1.82, 2.24) is 10.2 Å². The van der Waals surface area contributed by atoms with Gasteiger partial charge in [-0.25, -0.2) is 4.39 Å². The fraction of sp³-hybridized carbons (Fsp3) is 0.400. The number of carboxylic acid groups (broad SMARTS) is 1. The van der Waals surface area contributed by atoms with Crippen molar-refractivity contribution in [2.75, 3.05) is 6.54 Å². The number of halogens is 1. The van der Waals surface area contributed by atoms with Gasteiger partial charge in [-0.3, -0.25) is 14.4 Å². The molecule has 1 aromatic rings. The van der Waals surface area contributed by atoms with Crippen molar-refractivity contribution in [3.05, 3.63) is 35.6 Å². The van der Waals surface area contributed by atoms with Crippen LogP contribution < -0.4 is 5.32 Å². The van der Waals surface area contributed by atoms with E-state index >= 15 is 0 Å². The molecule has 0 aliphatic carbocycles. The highest BCUT2D eigenvalue weighted by molar-refractivity contribution is 5.89. The van der Waals surface area contributed by atoms with Crippen LogP contribution in [0.5, 0.6) is 0 Å². The van der Waals surface area contributed by atoms with E-state index in [4.69, 9.17) is 5.11 Å². The van der Waals surface area contributed by atoms with Gasteiger partial charge in [0.05, 0.1) is 6.42 Å². The van der Waals surface area contributed by atoms with Gasteiger partial charge in [0.2, 0.25) is 11.8 Å². The van der Waals surface area contributed by atoms with E-state index in [1.165, 1.54) is 12.1 Å². The van der Waals surface area contributed by atoms with Crippen LogP contribution >= 0.6 is 0 Å². The van der Waals surface area contributed by atoms with Crippen LogP contribution in [0, 0.1) is 5.82 Å². The Hall–Kier alpha value is -2.44. The molecule has 6 nitrogen and oxygen atoms in total. The Balaban J connectivity index is 1.85. The molecule has 0 spiro atoms. The minimum atomic E-state index is -1.05. The lowest BCUT2D eigenvalue weighted by atomic mass is 10.2. The van der Waals surface area contributed by atoms with Crippen LogP contribution in [0.15, 0.2) is 24.3 Å². The maximum Gasteiger partial charge on any atom is 0.303 e. The van der Waals surface area contributed by atoms with Crippen molar-refractivity contribution in [2.45, 2.75) is 31.8 Å². The molecule has 2 rings (SSSR count). The average molecular weight is 308 g/mol. The van der Waals surface area contributed by atoms with Crippen molar-refractivity contribution < 1.29 is 23.9 Å². The quantitative estimate of drug-likeness (QED) is 0.818. The minimum absolute atomic E-state index is 0.142. The number of nitrogens with one attached hydrogen (secondary N) is 1. The molecule has 0 saturated carbocycles. The van der Waals surface area contributed by atoms with E-state index in [0.29, 0.717) is 19.5 Å². The second-order valence-electron chi connectivity index (χ2n) is 5.19. The molecule has 2 amide bonds. The highest BCUT2D eigenvalue weighted by atomic mass is 19.1. The van der Waals surface area contributed by atoms with Crippen LogP contribution in [0.4, 0.5) is 4.39 Å². The van der Waals surface area contributed by atoms with Crippen molar-refractivity contribution >= 4 is 17.8 Å². The number of likely N-dealkylation sites (tertiary alicyclic amines) is 1. The zero-order chi connectivity index (χ0) is 16.1. The van der Waals surface area contributed by atoms with E-state index in [9.17, 15) is 18.8 Å². The van der Waals surface area contributed by atoms with Gasteiger partial charge in [0, 0.05) is 19.5 Å². The summed E-state index contributed by atoms with van der Waals surface area (Å²) in [7, 11) is 0.